The number of piperidine rings is 1. The molecule has 1 aliphatic rings. The van der Waals surface area contributed by atoms with Crippen LogP contribution in [0.5, 0.6) is 11.5 Å². The number of nitrogens with zero attached hydrogens (tertiary/aromatic N) is 4. The van der Waals surface area contributed by atoms with Crippen molar-refractivity contribution in [3.63, 3.8) is 0 Å². The third-order valence-electron chi connectivity index (χ3n) is 6.94. The Hall–Kier alpha value is -4.61. The van der Waals surface area contributed by atoms with E-state index in [1.165, 1.54) is 12.4 Å². The van der Waals surface area contributed by atoms with Gasteiger partial charge in [0.2, 0.25) is 5.91 Å². The lowest BCUT2D eigenvalue weighted by atomic mass is 9.91. The van der Waals surface area contributed by atoms with Gasteiger partial charge in [-0.15, -0.1) is 0 Å². The Morgan fingerprint density at radius 3 is 2.41 bits per heavy atom. The van der Waals surface area contributed by atoms with Gasteiger partial charge >= 0.3 is 0 Å². The first-order valence-corrected chi connectivity index (χ1v) is 12.9. The van der Waals surface area contributed by atoms with Gasteiger partial charge in [-0.25, -0.2) is 9.97 Å². The molecule has 198 valence electrons. The molecule has 0 spiro atoms. The van der Waals surface area contributed by atoms with E-state index in [1.54, 1.807) is 4.90 Å². The molecule has 0 bridgehead atoms. The lowest BCUT2D eigenvalue weighted by Gasteiger charge is -2.34. The molecule has 2 aromatic carbocycles. The molecule has 39 heavy (non-hydrogen) atoms. The van der Waals surface area contributed by atoms with Crippen LogP contribution in [-0.4, -0.2) is 49.1 Å². The van der Waals surface area contributed by atoms with Crippen molar-refractivity contribution in [1.82, 2.24) is 19.4 Å². The molecule has 1 saturated heterocycles. The molecule has 0 saturated carbocycles. The molecule has 0 radical (unpaired) electrons. The predicted octanol–water partition coefficient (Wildman–Crippen LogP) is 4.94. The number of hydrogen-bond donors (Lipinski definition) is 2. The number of benzene rings is 2. The van der Waals surface area contributed by atoms with E-state index in [9.17, 15) is 9.90 Å². The number of fused-ring (bicyclic) bond motifs is 1. The molecule has 8 heteroatoms. The molecule has 1 fully saturated rings. The predicted molar refractivity (Wildman–Crippen MR) is 152 cm³/mol. The van der Waals surface area contributed by atoms with Crippen LogP contribution in [0.3, 0.4) is 0 Å². The zero-order chi connectivity index (χ0) is 27.6. The number of carbonyl (C=O) groups excluding carboxylic acids is 1. The maximum absolute atomic E-state index is 12.0. The van der Waals surface area contributed by atoms with Crippen LogP contribution in [0.25, 0.3) is 22.2 Å². The van der Waals surface area contributed by atoms with Gasteiger partial charge in [0.1, 0.15) is 40.6 Å². The first kappa shape index (κ1) is 26.0. The maximum atomic E-state index is 12.0. The highest BCUT2D eigenvalue weighted by Crippen LogP contribution is 2.39. The summed E-state index contributed by atoms with van der Waals surface area (Å²) in [5.41, 5.74) is 8.23. The minimum atomic E-state index is -1.22. The van der Waals surface area contributed by atoms with E-state index >= 15 is 0 Å². The molecule has 1 aliphatic heterocycles. The molecule has 8 nitrogen and oxygen atoms in total. The van der Waals surface area contributed by atoms with Gasteiger partial charge in [0.25, 0.3) is 0 Å². The number of ether oxygens (including phenoxy) is 1. The lowest BCUT2D eigenvalue weighted by Crippen LogP contribution is -2.45. The van der Waals surface area contributed by atoms with Crippen LogP contribution in [0.1, 0.15) is 38.4 Å². The second kappa shape index (κ2) is 10.6. The smallest absolute Gasteiger partial charge is 0.245 e. The van der Waals surface area contributed by atoms with Crippen molar-refractivity contribution in [2.24, 2.45) is 0 Å². The Kier molecular flexibility index (Phi) is 7.09. The monoisotopic (exact) mass is 521 g/mol. The zero-order valence-corrected chi connectivity index (χ0v) is 22.1. The van der Waals surface area contributed by atoms with Crippen LogP contribution >= 0.6 is 0 Å². The largest absolute Gasteiger partial charge is 0.457 e. The summed E-state index contributed by atoms with van der Waals surface area (Å²) in [7, 11) is 0. The topological polar surface area (TPSA) is 106 Å². The molecular formula is C31H31N5O3. The number of likely N-dealkylation sites (tertiary alicyclic amines) is 1. The normalized spacial score (nSPS) is 14.6. The fraction of sp³-hybridized carbons (Fsp3) is 0.258. The number of para-hydroxylation sites is 1. The Bertz CT molecular complexity index is 1570. The third-order valence-corrected chi connectivity index (χ3v) is 6.94. The summed E-state index contributed by atoms with van der Waals surface area (Å²) in [6.07, 6.45) is 3.45. The second-order valence-electron chi connectivity index (χ2n) is 9.90. The lowest BCUT2D eigenvalue weighted by molar-refractivity contribution is -0.128. The summed E-state index contributed by atoms with van der Waals surface area (Å²) in [6, 6.07) is 17.3. The van der Waals surface area contributed by atoms with Gasteiger partial charge in [-0.2, -0.15) is 0 Å². The Labute approximate surface area is 227 Å². The number of nitrogen functional groups attached to an aromatic ring is 1. The van der Waals surface area contributed by atoms with Crippen molar-refractivity contribution in [1.29, 1.82) is 0 Å². The van der Waals surface area contributed by atoms with Gasteiger partial charge in [-0.1, -0.05) is 42.8 Å². The van der Waals surface area contributed by atoms with Crippen LogP contribution in [-0.2, 0) is 4.79 Å². The summed E-state index contributed by atoms with van der Waals surface area (Å²) in [5, 5.41) is 12.0. The van der Waals surface area contributed by atoms with Crippen molar-refractivity contribution >= 4 is 22.8 Å². The molecule has 0 unspecified atom stereocenters. The summed E-state index contributed by atoms with van der Waals surface area (Å²) in [6.45, 7) is 8.49. The van der Waals surface area contributed by atoms with Gasteiger partial charge in [0.15, 0.2) is 0 Å². The van der Waals surface area contributed by atoms with Crippen LogP contribution in [0, 0.1) is 11.8 Å². The molecule has 1 amide bonds. The average Bonchev–Trinajstić information content (AvgIpc) is 3.29. The standard InChI is InChI=1S/C31H31N5O3/c1-4-26(37)35-18-16-31(38,17-19-35)15-14-25-27(28-29(32)33-20-34-30(28)36(25)21(2)3)22-10-12-24(13-11-22)39-23-8-6-5-7-9-23/h4-13,20-21,38H,1,16-19H2,2-3H3,(H2,32,33,34). The second-order valence-corrected chi connectivity index (χ2v) is 9.90. The van der Waals surface area contributed by atoms with Crippen LogP contribution < -0.4 is 10.5 Å². The molecule has 0 atom stereocenters. The SMILES string of the molecule is C=CC(=O)N1CCC(O)(C#Cc2c(-c3ccc(Oc4ccccc4)cc3)c3c(N)ncnc3n2C(C)C)CC1. The van der Waals surface area contributed by atoms with Crippen molar-refractivity contribution in [2.45, 2.75) is 38.3 Å². The van der Waals surface area contributed by atoms with E-state index in [1.807, 2.05) is 59.2 Å². The molecule has 2 aromatic heterocycles. The van der Waals surface area contributed by atoms with Crippen LogP contribution in [0.2, 0.25) is 0 Å². The molecular weight excluding hydrogens is 490 g/mol. The first-order valence-electron chi connectivity index (χ1n) is 12.9. The van der Waals surface area contributed by atoms with E-state index in [0.29, 0.717) is 54.2 Å². The number of hydrogen-bond acceptors (Lipinski definition) is 6. The maximum Gasteiger partial charge on any atom is 0.245 e. The van der Waals surface area contributed by atoms with Crippen LogP contribution in [0.4, 0.5) is 5.82 Å². The van der Waals surface area contributed by atoms with Gasteiger partial charge < -0.3 is 25.0 Å². The number of carbonyl (C=O) groups is 1. The number of aromatic nitrogens is 3. The third kappa shape index (κ3) is 5.22. The fourth-order valence-corrected chi connectivity index (χ4v) is 4.90. The Balaban J connectivity index is 1.58. The zero-order valence-electron chi connectivity index (χ0n) is 22.1. The van der Waals surface area contributed by atoms with E-state index in [-0.39, 0.29) is 11.9 Å². The van der Waals surface area contributed by atoms with E-state index < -0.39 is 5.60 Å². The molecule has 4 aromatic rings. The first-order chi connectivity index (χ1) is 18.8. The van der Waals surface area contributed by atoms with E-state index in [2.05, 4.69) is 42.2 Å². The fourth-order valence-electron chi connectivity index (χ4n) is 4.90. The van der Waals surface area contributed by atoms with Gasteiger partial charge in [-0.05, 0) is 55.7 Å². The minimum Gasteiger partial charge on any atom is -0.457 e. The Morgan fingerprint density at radius 1 is 1.10 bits per heavy atom. The van der Waals surface area contributed by atoms with Crippen molar-refractivity contribution < 1.29 is 14.6 Å². The molecule has 0 aliphatic carbocycles. The quantitative estimate of drug-likeness (QED) is 0.285. The molecule has 3 N–H and O–H groups in total. The highest BCUT2D eigenvalue weighted by molar-refractivity contribution is 6.03. The number of rotatable bonds is 5. The van der Waals surface area contributed by atoms with Gasteiger partial charge in [0.05, 0.1) is 5.39 Å². The molecule has 3 heterocycles. The summed E-state index contributed by atoms with van der Waals surface area (Å²) < 4.78 is 8.01. The van der Waals surface area contributed by atoms with Crippen LogP contribution in [0.15, 0.2) is 73.6 Å². The van der Waals surface area contributed by atoms with E-state index in [0.717, 1.165) is 16.9 Å². The number of anilines is 1. The van der Waals surface area contributed by atoms with Gasteiger partial charge in [-0.3, -0.25) is 4.79 Å². The Morgan fingerprint density at radius 2 is 1.77 bits per heavy atom. The number of nitrogens with two attached hydrogens (primary N) is 1. The number of amides is 1. The average molecular weight is 522 g/mol. The van der Waals surface area contributed by atoms with Crippen molar-refractivity contribution in [3.05, 3.63) is 79.3 Å². The minimum absolute atomic E-state index is 0.0160. The summed E-state index contributed by atoms with van der Waals surface area (Å²) >= 11 is 0. The van der Waals surface area contributed by atoms with Crippen molar-refractivity contribution in [3.8, 4) is 34.5 Å². The highest BCUT2D eigenvalue weighted by atomic mass is 16.5. The highest BCUT2D eigenvalue weighted by Gasteiger charge is 2.32. The van der Waals surface area contributed by atoms with E-state index in [4.69, 9.17) is 10.5 Å². The van der Waals surface area contributed by atoms with Crippen molar-refractivity contribution in [2.75, 3.05) is 18.8 Å². The van der Waals surface area contributed by atoms with Gasteiger partial charge in [0, 0.05) is 37.5 Å². The molecule has 5 rings (SSSR count). The number of aliphatic hydroxyl groups is 1. The summed E-state index contributed by atoms with van der Waals surface area (Å²) in [4.78, 5) is 22.5. The summed E-state index contributed by atoms with van der Waals surface area (Å²) in [5.74, 6) is 8.08.